The molecule has 0 saturated heterocycles. The van der Waals surface area contributed by atoms with Crippen molar-refractivity contribution in [2.24, 2.45) is 0 Å². The summed E-state index contributed by atoms with van der Waals surface area (Å²) in [5, 5.41) is 18.5. The van der Waals surface area contributed by atoms with Crippen molar-refractivity contribution in [1.29, 1.82) is 5.26 Å². The van der Waals surface area contributed by atoms with Crippen LogP contribution in [-0.4, -0.2) is 24.7 Å². The van der Waals surface area contributed by atoms with Crippen molar-refractivity contribution in [1.82, 2.24) is 24.7 Å². The van der Waals surface area contributed by atoms with E-state index in [-0.39, 0.29) is 5.15 Å². The van der Waals surface area contributed by atoms with Crippen LogP contribution in [-0.2, 0) is 0 Å². The zero-order valence-corrected chi connectivity index (χ0v) is 17.5. The molecule has 0 aliphatic rings. The summed E-state index contributed by atoms with van der Waals surface area (Å²) in [5.41, 5.74) is 4.74. The third-order valence-electron chi connectivity index (χ3n) is 5.11. The summed E-state index contributed by atoms with van der Waals surface area (Å²) < 4.78 is 1.59. The highest BCUT2D eigenvalue weighted by Gasteiger charge is 2.18. The number of benzene rings is 2. The van der Waals surface area contributed by atoms with E-state index < -0.39 is 0 Å². The van der Waals surface area contributed by atoms with E-state index in [1.54, 1.807) is 4.68 Å². The van der Waals surface area contributed by atoms with Gasteiger partial charge in [0.25, 0.3) is 0 Å². The van der Waals surface area contributed by atoms with Crippen molar-refractivity contribution in [3.63, 3.8) is 0 Å². The van der Waals surface area contributed by atoms with Gasteiger partial charge in [-0.05, 0) is 43.2 Å². The molecule has 0 saturated carbocycles. The van der Waals surface area contributed by atoms with Crippen LogP contribution in [0.2, 0.25) is 5.15 Å². The number of fused-ring (bicyclic) bond motifs is 2. The normalized spacial score (nSPS) is 11.0. The summed E-state index contributed by atoms with van der Waals surface area (Å²) >= 11 is 6.37. The lowest BCUT2D eigenvalue weighted by Gasteiger charge is -2.13. The number of para-hydroxylation sites is 3. The Hall–Kier alpha value is -4.02. The number of anilines is 2. The third kappa shape index (κ3) is 3.23. The summed E-state index contributed by atoms with van der Waals surface area (Å²) in [6, 6.07) is 17.6. The van der Waals surface area contributed by atoms with Crippen LogP contribution in [0.4, 0.5) is 11.6 Å². The molecule has 0 atom stereocenters. The second-order valence-corrected chi connectivity index (χ2v) is 7.53. The summed E-state index contributed by atoms with van der Waals surface area (Å²) in [6.45, 7) is 4.05. The first-order valence-corrected chi connectivity index (χ1v) is 9.97. The molecule has 5 rings (SSSR count). The van der Waals surface area contributed by atoms with Crippen LogP contribution in [0, 0.1) is 25.2 Å². The summed E-state index contributed by atoms with van der Waals surface area (Å²) in [5.74, 6) is 1.36. The molecular weight excluding hydrogens is 410 g/mol. The monoisotopic (exact) mass is 425 g/mol. The second-order valence-electron chi connectivity index (χ2n) is 7.18. The number of hydrogen-bond donors (Lipinski definition) is 1. The molecule has 7 nitrogen and oxygen atoms in total. The largest absolute Gasteiger partial charge is 0.321 e. The highest BCUT2D eigenvalue weighted by Crippen LogP contribution is 2.29. The lowest BCUT2D eigenvalue weighted by molar-refractivity contribution is 0.857. The van der Waals surface area contributed by atoms with E-state index in [2.05, 4.69) is 26.5 Å². The molecule has 0 bridgehead atoms. The maximum Gasteiger partial charge on any atom is 0.172 e. The molecule has 2 aromatic carbocycles. The van der Waals surface area contributed by atoms with Gasteiger partial charge in [0, 0.05) is 5.39 Å². The minimum absolute atomic E-state index is 0.203. The number of hydrogen-bond acceptors (Lipinski definition) is 6. The van der Waals surface area contributed by atoms with Gasteiger partial charge in [-0.2, -0.15) is 15.0 Å². The zero-order valence-electron chi connectivity index (χ0n) is 16.8. The maximum absolute atomic E-state index is 9.64. The first-order valence-electron chi connectivity index (χ1n) is 9.60. The van der Waals surface area contributed by atoms with E-state index in [9.17, 15) is 5.26 Å². The Morgan fingerprint density at radius 3 is 2.52 bits per heavy atom. The molecule has 0 spiro atoms. The van der Waals surface area contributed by atoms with Crippen molar-refractivity contribution < 1.29 is 0 Å². The van der Waals surface area contributed by atoms with Crippen LogP contribution in [0.25, 0.3) is 27.8 Å². The Morgan fingerprint density at radius 2 is 1.74 bits per heavy atom. The molecule has 0 radical (unpaired) electrons. The van der Waals surface area contributed by atoms with Crippen LogP contribution >= 0.6 is 11.6 Å². The van der Waals surface area contributed by atoms with Gasteiger partial charge in [0.1, 0.15) is 11.6 Å². The SMILES string of the molecule is Cc1cc(-n2ncc(C#N)c2Nc2nc3ccccc3nc2Cl)nc2c(C)cccc12. The highest BCUT2D eigenvalue weighted by molar-refractivity contribution is 6.32. The van der Waals surface area contributed by atoms with Crippen LogP contribution < -0.4 is 5.32 Å². The predicted molar refractivity (Wildman–Crippen MR) is 121 cm³/mol. The average Bonchev–Trinajstić information content (AvgIpc) is 3.17. The van der Waals surface area contributed by atoms with Gasteiger partial charge in [-0.1, -0.05) is 41.9 Å². The Kier molecular flexibility index (Phi) is 4.50. The van der Waals surface area contributed by atoms with Crippen molar-refractivity contribution >= 4 is 45.2 Å². The third-order valence-corrected chi connectivity index (χ3v) is 5.37. The van der Waals surface area contributed by atoms with Gasteiger partial charge in [0.05, 0.1) is 22.7 Å². The molecule has 3 heterocycles. The highest BCUT2D eigenvalue weighted by atomic mass is 35.5. The fourth-order valence-corrected chi connectivity index (χ4v) is 3.73. The molecule has 1 N–H and O–H groups in total. The molecular formula is C23H16ClN7. The number of rotatable bonds is 3. The number of nitriles is 1. The van der Waals surface area contributed by atoms with E-state index in [4.69, 9.17) is 16.6 Å². The van der Waals surface area contributed by atoms with Crippen LogP contribution in [0.1, 0.15) is 16.7 Å². The van der Waals surface area contributed by atoms with E-state index in [1.807, 2.05) is 62.4 Å². The summed E-state index contributed by atoms with van der Waals surface area (Å²) in [7, 11) is 0. The molecule has 150 valence electrons. The molecule has 8 heteroatoms. The molecule has 0 unspecified atom stereocenters. The number of halogens is 1. The fourth-order valence-electron chi connectivity index (χ4n) is 3.55. The zero-order chi connectivity index (χ0) is 21.5. The number of aromatic nitrogens is 5. The van der Waals surface area contributed by atoms with Gasteiger partial charge in [0.2, 0.25) is 0 Å². The minimum Gasteiger partial charge on any atom is -0.321 e. The maximum atomic E-state index is 9.64. The lowest BCUT2D eigenvalue weighted by Crippen LogP contribution is -2.08. The van der Waals surface area contributed by atoms with Crippen molar-refractivity contribution in [3.8, 4) is 11.9 Å². The van der Waals surface area contributed by atoms with E-state index in [0.29, 0.717) is 34.1 Å². The van der Waals surface area contributed by atoms with E-state index in [1.165, 1.54) is 6.20 Å². The van der Waals surface area contributed by atoms with Crippen molar-refractivity contribution in [2.75, 3.05) is 5.32 Å². The van der Waals surface area contributed by atoms with Crippen LogP contribution in [0.5, 0.6) is 0 Å². The standard InChI is InChI=1S/C23H16ClN7/c1-13-6-5-7-16-14(2)10-19(29-20(13)16)31-23(15(11-25)12-26-31)30-22-21(24)27-17-8-3-4-9-18(17)28-22/h3-10,12H,1-2H3,(H,28,30). The average molecular weight is 426 g/mol. The Balaban J connectivity index is 1.67. The smallest absolute Gasteiger partial charge is 0.172 e. The number of pyridine rings is 1. The first-order chi connectivity index (χ1) is 15.0. The van der Waals surface area contributed by atoms with Gasteiger partial charge >= 0.3 is 0 Å². The van der Waals surface area contributed by atoms with Gasteiger partial charge < -0.3 is 5.32 Å². The quantitative estimate of drug-likeness (QED) is 0.424. The summed E-state index contributed by atoms with van der Waals surface area (Å²) in [6.07, 6.45) is 1.49. The topological polar surface area (TPSA) is 92.3 Å². The number of nitrogens with one attached hydrogen (secondary N) is 1. The molecule has 31 heavy (non-hydrogen) atoms. The number of nitrogens with zero attached hydrogens (tertiary/aromatic N) is 6. The Labute approximate surface area is 183 Å². The van der Waals surface area contributed by atoms with Gasteiger partial charge in [-0.25, -0.2) is 15.0 Å². The number of aryl methyl sites for hydroxylation is 2. The van der Waals surface area contributed by atoms with Gasteiger partial charge in [0.15, 0.2) is 22.6 Å². The minimum atomic E-state index is 0.203. The van der Waals surface area contributed by atoms with Crippen LogP contribution in [0.15, 0.2) is 54.7 Å². The first kappa shape index (κ1) is 19.0. The Morgan fingerprint density at radius 1 is 0.968 bits per heavy atom. The summed E-state index contributed by atoms with van der Waals surface area (Å²) in [4.78, 5) is 13.8. The van der Waals surface area contributed by atoms with Crippen LogP contribution in [0.3, 0.4) is 0 Å². The lowest BCUT2D eigenvalue weighted by atomic mass is 10.1. The molecule has 3 aromatic heterocycles. The molecule has 0 aliphatic heterocycles. The molecule has 5 aromatic rings. The predicted octanol–water partition coefficient (Wildman–Crippen LogP) is 5.25. The fraction of sp³-hybridized carbons (Fsp3) is 0.0870. The van der Waals surface area contributed by atoms with E-state index >= 15 is 0 Å². The van der Waals surface area contributed by atoms with E-state index in [0.717, 1.165) is 22.0 Å². The molecule has 0 fully saturated rings. The second kappa shape index (κ2) is 7.35. The van der Waals surface area contributed by atoms with Gasteiger partial charge in [-0.3, -0.25) is 0 Å². The Bertz CT molecular complexity index is 1510. The molecule has 0 amide bonds. The van der Waals surface area contributed by atoms with Crippen molar-refractivity contribution in [3.05, 3.63) is 76.6 Å². The van der Waals surface area contributed by atoms with Crippen molar-refractivity contribution in [2.45, 2.75) is 13.8 Å². The molecule has 0 aliphatic carbocycles. The van der Waals surface area contributed by atoms with Gasteiger partial charge in [-0.15, -0.1) is 0 Å².